The Kier molecular flexibility index (Phi) is 10.9. The van der Waals surface area contributed by atoms with Crippen LogP contribution in [-0.4, -0.2) is 79.2 Å². The Balaban J connectivity index is 0.00000380. The van der Waals surface area contributed by atoms with Crippen molar-refractivity contribution < 1.29 is 14.3 Å². The van der Waals surface area contributed by atoms with Crippen molar-refractivity contribution in [1.29, 1.82) is 0 Å². The lowest BCUT2D eigenvalue weighted by Crippen LogP contribution is -2.42. The number of hydrogen-bond donors (Lipinski definition) is 2. The summed E-state index contributed by atoms with van der Waals surface area (Å²) in [6.45, 7) is 14.2. The molecule has 4 rings (SSSR count). The highest BCUT2D eigenvalue weighted by molar-refractivity contribution is 6.01. The standard InChI is InChI=1S/C28H41N5O3.ClH/c1-5-28(34)31-27-19-24(29-21-9-14-33(15-10-21)20(2)3)22-17-25(35-4)26(18-23(22)30-27)36-16-8-13-32-11-6-7-12-32;/h5,17-21H,1,6-16H2,2-4H3,(H2,29,30,31,34);1H. The Morgan fingerprint density at radius 3 is 2.54 bits per heavy atom. The van der Waals surface area contributed by atoms with E-state index in [0.29, 0.717) is 36.0 Å². The van der Waals surface area contributed by atoms with E-state index in [0.717, 1.165) is 55.5 Å². The zero-order valence-corrected chi connectivity index (χ0v) is 23.2. The Hall–Kier alpha value is -2.55. The first-order valence-corrected chi connectivity index (χ1v) is 13.3. The number of benzene rings is 1. The molecule has 0 aliphatic carbocycles. The number of anilines is 2. The molecule has 3 heterocycles. The zero-order valence-electron chi connectivity index (χ0n) is 22.4. The number of carbonyl (C=O) groups is 1. The summed E-state index contributed by atoms with van der Waals surface area (Å²) in [6.07, 6.45) is 6.93. The Bertz CT molecular complexity index is 1050. The minimum Gasteiger partial charge on any atom is -0.493 e. The lowest BCUT2D eigenvalue weighted by atomic mass is 10.0. The topological polar surface area (TPSA) is 79.0 Å². The summed E-state index contributed by atoms with van der Waals surface area (Å²) in [5.74, 6) is 1.55. The van der Waals surface area contributed by atoms with Gasteiger partial charge >= 0.3 is 0 Å². The third kappa shape index (κ3) is 7.72. The van der Waals surface area contributed by atoms with Gasteiger partial charge in [0, 0.05) is 54.9 Å². The Morgan fingerprint density at radius 1 is 1.16 bits per heavy atom. The average molecular weight is 532 g/mol. The van der Waals surface area contributed by atoms with Gasteiger partial charge in [0.15, 0.2) is 11.5 Å². The van der Waals surface area contributed by atoms with Gasteiger partial charge in [0.2, 0.25) is 5.91 Å². The normalized spacial score (nSPS) is 17.0. The van der Waals surface area contributed by atoms with Crippen LogP contribution in [0.15, 0.2) is 30.9 Å². The number of carbonyl (C=O) groups excluding carboxylic acids is 1. The molecule has 1 aromatic carbocycles. The van der Waals surface area contributed by atoms with E-state index in [1.165, 1.54) is 32.0 Å². The second kappa shape index (κ2) is 13.8. The molecular weight excluding hydrogens is 490 g/mol. The minimum absolute atomic E-state index is 0. The molecule has 0 saturated carbocycles. The molecule has 0 atom stereocenters. The van der Waals surface area contributed by atoms with Gasteiger partial charge in [0.05, 0.1) is 19.2 Å². The number of aromatic nitrogens is 1. The van der Waals surface area contributed by atoms with Crippen molar-refractivity contribution >= 4 is 40.7 Å². The summed E-state index contributed by atoms with van der Waals surface area (Å²) in [4.78, 5) is 21.7. The maximum absolute atomic E-state index is 12.0. The number of ether oxygens (including phenoxy) is 2. The summed E-state index contributed by atoms with van der Waals surface area (Å²) in [5.41, 5.74) is 1.68. The van der Waals surface area contributed by atoms with Gasteiger partial charge in [-0.15, -0.1) is 12.4 Å². The van der Waals surface area contributed by atoms with E-state index >= 15 is 0 Å². The second-order valence-corrected chi connectivity index (χ2v) is 10.1. The third-order valence-corrected chi connectivity index (χ3v) is 7.23. The number of rotatable bonds is 11. The number of halogens is 1. The van der Waals surface area contributed by atoms with Crippen LogP contribution in [-0.2, 0) is 4.79 Å². The molecule has 204 valence electrons. The van der Waals surface area contributed by atoms with Crippen molar-refractivity contribution in [3.8, 4) is 11.5 Å². The molecule has 2 fully saturated rings. The molecule has 2 saturated heterocycles. The second-order valence-electron chi connectivity index (χ2n) is 10.1. The third-order valence-electron chi connectivity index (χ3n) is 7.23. The van der Waals surface area contributed by atoms with Crippen LogP contribution < -0.4 is 20.1 Å². The number of amides is 1. The molecule has 2 aromatic rings. The summed E-state index contributed by atoms with van der Waals surface area (Å²) in [6, 6.07) is 6.71. The van der Waals surface area contributed by atoms with Crippen molar-refractivity contribution in [2.45, 2.75) is 58.0 Å². The molecule has 2 aliphatic heterocycles. The van der Waals surface area contributed by atoms with Crippen LogP contribution in [0.1, 0.15) is 46.0 Å². The Labute approximate surface area is 227 Å². The van der Waals surface area contributed by atoms with Crippen LogP contribution in [0.2, 0.25) is 0 Å². The van der Waals surface area contributed by atoms with Crippen LogP contribution in [0.4, 0.5) is 11.5 Å². The maximum atomic E-state index is 12.0. The molecule has 0 unspecified atom stereocenters. The quantitative estimate of drug-likeness (QED) is 0.314. The number of hydrogen-bond acceptors (Lipinski definition) is 7. The number of methoxy groups -OCH3 is 1. The predicted octanol–water partition coefficient (Wildman–Crippen LogP) is 4.94. The molecule has 0 radical (unpaired) electrons. The Morgan fingerprint density at radius 2 is 1.89 bits per heavy atom. The molecule has 0 bridgehead atoms. The van der Waals surface area contributed by atoms with E-state index in [-0.39, 0.29) is 18.3 Å². The van der Waals surface area contributed by atoms with Crippen LogP contribution in [0.25, 0.3) is 10.9 Å². The van der Waals surface area contributed by atoms with Crippen LogP contribution in [0.5, 0.6) is 11.5 Å². The lowest BCUT2D eigenvalue weighted by Gasteiger charge is -2.35. The molecule has 1 amide bonds. The van der Waals surface area contributed by atoms with Crippen LogP contribution in [0, 0.1) is 0 Å². The van der Waals surface area contributed by atoms with Crippen molar-refractivity contribution in [3.63, 3.8) is 0 Å². The highest BCUT2D eigenvalue weighted by Crippen LogP contribution is 2.37. The summed E-state index contributed by atoms with van der Waals surface area (Å²) in [7, 11) is 1.67. The van der Waals surface area contributed by atoms with Crippen molar-refractivity contribution in [2.24, 2.45) is 0 Å². The minimum atomic E-state index is -0.287. The molecule has 2 aliphatic rings. The fraction of sp³-hybridized carbons (Fsp3) is 0.571. The first kappa shape index (κ1) is 29.0. The van der Waals surface area contributed by atoms with E-state index < -0.39 is 0 Å². The van der Waals surface area contributed by atoms with Crippen molar-refractivity contribution in [2.75, 3.05) is 57.1 Å². The highest BCUT2D eigenvalue weighted by atomic mass is 35.5. The molecule has 9 heteroatoms. The zero-order chi connectivity index (χ0) is 25.5. The van der Waals surface area contributed by atoms with Gasteiger partial charge in [-0.25, -0.2) is 4.98 Å². The van der Waals surface area contributed by atoms with Gasteiger partial charge in [-0.3, -0.25) is 4.79 Å². The van der Waals surface area contributed by atoms with E-state index in [4.69, 9.17) is 14.5 Å². The molecule has 8 nitrogen and oxygen atoms in total. The van der Waals surface area contributed by atoms with Gasteiger partial charge in [-0.05, 0) is 71.2 Å². The monoisotopic (exact) mass is 531 g/mol. The summed E-state index contributed by atoms with van der Waals surface area (Å²) < 4.78 is 11.8. The summed E-state index contributed by atoms with van der Waals surface area (Å²) >= 11 is 0. The number of pyridine rings is 1. The first-order chi connectivity index (χ1) is 17.5. The van der Waals surface area contributed by atoms with Crippen molar-refractivity contribution in [3.05, 3.63) is 30.9 Å². The van der Waals surface area contributed by atoms with Gasteiger partial charge in [-0.2, -0.15) is 0 Å². The lowest BCUT2D eigenvalue weighted by molar-refractivity contribution is -0.111. The largest absolute Gasteiger partial charge is 0.493 e. The van der Waals surface area contributed by atoms with E-state index in [1.54, 1.807) is 7.11 Å². The molecule has 1 aromatic heterocycles. The SMILES string of the molecule is C=CC(=O)Nc1cc(NC2CCN(C(C)C)CC2)c2cc(OC)c(OCCCN3CCCC3)cc2n1.Cl. The summed E-state index contributed by atoms with van der Waals surface area (Å²) in [5, 5.41) is 7.49. The predicted molar refractivity (Wildman–Crippen MR) is 154 cm³/mol. The number of nitrogens with one attached hydrogen (secondary N) is 2. The van der Waals surface area contributed by atoms with Gasteiger partial charge in [-0.1, -0.05) is 6.58 Å². The number of likely N-dealkylation sites (tertiary alicyclic amines) is 2. The average Bonchev–Trinajstić information content (AvgIpc) is 3.40. The molecule has 37 heavy (non-hydrogen) atoms. The number of nitrogens with zero attached hydrogens (tertiary/aromatic N) is 3. The van der Waals surface area contributed by atoms with Gasteiger partial charge in [0.1, 0.15) is 5.82 Å². The molecule has 2 N–H and O–H groups in total. The van der Waals surface area contributed by atoms with E-state index in [9.17, 15) is 4.79 Å². The fourth-order valence-electron chi connectivity index (χ4n) is 5.12. The van der Waals surface area contributed by atoms with Gasteiger partial charge < -0.3 is 29.9 Å². The molecule has 0 spiro atoms. The smallest absolute Gasteiger partial charge is 0.248 e. The highest BCUT2D eigenvalue weighted by Gasteiger charge is 2.22. The number of piperidine rings is 1. The van der Waals surface area contributed by atoms with Gasteiger partial charge in [0.25, 0.3) is 0 Å². The van der Waals surface area contributed by atoms with Crippen LogP contribution in [0.3, 0.4) is 0 Å². The number of fused-ring (bicyclic) bond motifs is 1. The van der Waals surface area contributed by atoms with Crippen molar-refractivity contribution in [1.82, 2.24) is 14.8 Å². The first-order valence-electron chi connectivity index (χ1n) is 13.3. The van der Waals surface area contributed by atoms with E-state index in [1.807, 2.05) is 18.2 Å². The van der Waals surface area contributed by atoms with E-state index in [2.05, 4.69) is 40.9 Å². The van der Waals surface area contributed by atoms with Crippen LogP contribution >= 0.6 is 12.4 Å². The fourth-order valence-corrected chi connectivity index (χ4v) is 5.12. The maximum Gasteiger partial charge on any atom is 0.248 e. The molecular formula is C28H42ClN5O3.